The Kier molecular flexibility index (Phi) is 4.44. The van der Waals surface area contributed by atoms with Crippen molar-refractivity contribution in [3.63, 3.8) is 0 Å². The average Bonchev–Trinajstić information content (AvgIpc) is 3.11. The number of nitrogens with one attached hydrogen (secondary N) is 1. The Labute approximate surface area is 134 Å². The molecule has 0 atom stereocenters. The first-order valence-electron chi connectivity index (χ1n) is 7.55. The van der Waals surface area contributed by atoms with E-state index in [-0.39, 0.29) is 11.5 Å². The highest BCUT2D eigenvalue weighted by Gasteiger charge is 2.24. The average molecular weight is 307 g/mol. The fraction of sp³-hybridized carbons (Fsp3) is 0.222. The van der Waals surface area contributed by atoms with Crippen LogP contribution in [0.15, 0.2) is 58.9 Å². The van der Waals surface area contributed by atoms with Crippen molar-refractivity contribution < 1.29 is 9.21 Å². The molecule has 0 saturated heterocycles. The van der Waals surface area contributed by atoms with E-state index in [9.17, 15) is 10.1 Å². The minimum atomic E-state index is -0.272. The van der Waals surface area contributed by atoms with Gasteiger partial charge in [0.2, 0.25) is 0 Å². The van der Waals surface area contributed by atoms with Crippen LogP contribution in [-0.4, -0.2) is 12.5 Å². The van der Waals surface area contributed by atoms with Gasteiger partial charge in [-0.2, -0.15) is 5.26 Å². The number of anilines is 1. The van der Waals surface area contributed by atoms with Gasteiger partial charge in [0.25, 0.3) is 5.91 Å². The van der Waals surface area contributed by atoms with Crippen LogP contribution in [0.2, 0.25) is 0 Å². The molecule has 2 heterocycles. The van der Waals surface area contributed by atoms with Gasteiger partial charge in [-0.05, 0) is 36.6 Å². The Morgan fingerprint density at radius 2 is 2.22 bits per heavy atom. The summed E-state index contributed by atoms with van der Waals surface area (Å²) < 4.78 is 5.20. The lowest BCUT2D eigenvalue weighted by atomic mass is 10.0. The van der Waals surface area contributed by atoms with Gasteiger partial charge in [-0.15, -0.1) is 0 Å². The summed E-state index contributed by atoms with van der Waals surface area (Å²) in [6.45, 7) is 1.06. The van der Waals surface area contributed by atoms with Crippen LogP contribution < -0.4 is 10.2 Å². The number of carbonyl (C=O) groups is 1. The number of amides is 1. The van der Waals surface area contributed by atoms with Crippen LogP contribution in [0.5, 0.6) is 0 Å². The summed E-state index contributed by atoms with van der Waals surface area (Å²) in [4.78, 5) is 14.3. The molecule has 5 heteroatoms. The molecule has 0 saturated carbocycles. The molecule has 1 aliphatic heterocycles. The van der Waals surface area contributed by atoms with E-state index in [1.54, 1.807) is 17.2 Å². The summed E-state index contributed by atoms with van der Waals surface area (Å²) >= 11 is 0. The normalized spacial score (nSPS) is 14.0. The summed E-state index contributed by atoms with van der Waals surface area (Å²) in [6, 6.07) is 13.4. The number of furan rings is 1. The minimum absolute atomic E-state index is 0.0910. The SMILES string of the molecule is N#C/C(=C/NCc1ccco1)C(=O)N1CCCc2ccccc21. The number of rotatable bonds is 4. The van der Waals surface area contributed by atoms with E-state index < -0.39 is 0 Å². The Balaban J connectivity index is 1.74. The van der Waals surface area contributed by atoms with Crippen molar-refractivity contribution in [3.8, 4) is 6.07 Å². The van der Waals surface area contributed by atoms with Gasteiger partial charge < -0.3 is 14.6 Å². The van der Waals surface area contributed by atoms with E-state index in [4.69, 9.17) is 4.42 Å². The van der Waals surface area contributed by atoms with E-state index in [1.807, 2.05) is 36.4 Å². The van der Waals surface area contributed by atoms with Gasteiger partial charge in [-0.1, -0.05) is 18.2 Å². The summed E-state index contributed by atoms with van der Waals surface area (Å²) in [5.41, 5.74) is 2.14. The van der Waals surface area contributed by atoms with Crippen molar-refractivity contribution in [3.05, 3.63) is 65.8 Å². The van der Waals surface area contributed by atoms with Crippen LogP contribution in [0.1, 0.15) is 17.7 Å². The molecule has 0 spiro atoms. The van der Waals surface area contributed by atoms with Crippen LogP contribution in [0.4, 0.5) is 5.69 Å². The third-order valence-corrected chi connectivity index (χ3v) is 3.81. The maximum Gasteiger partial charge on any atom is 0.270 e. The first-order chi connectivity index (χ1) is 11.3. The number of para-hydroxylation sites is 1. The molecule has 0 radical (unpaired) electrons. The zero-order valence-corrected chi connectivity index (χ0v) is 12.7. The quantitative estimate of drug-likeness (QED) is 0.696. The molecule has 1 aromatic heterocycles. The van der Waals surface area contributed by atoms with Crippen LogP contribution in [-0.2, 0) is 17.8 Å². The van der Waals surface area contributed by atoms with E-state index in [1.165, 1.54) is 6.20 Å². The second-order valence-electron chi connectivity index (χ2n) is 5.32. The lowest BCUT2D eigenvalue weighted by Crippen LogP contribution is -2.36. The van der Waals surface area contributed by atoms with Gasteiger partial charge in [0.15, 0.2) is 0 Å². The van der Waals surface area contributed by atoms with Crippen molar-refractivity contribution in [2.45, 2.75) is 19.4 Å². The van der Waals surface area contributed by atoms with E-state index in [0.29, 0.717) is 13.1 Å². The molecule has 0 aliphatic carbocycles. The highest BCUT2D eigenvalue weighted by Crippen LogP contribution is 2.27. The highest BCUT2D eigenvalue weighted by atomic mass is 16.3. The molecule has 23 heavy (non-hydrogen) atoms. The molecule has 1 aliphatic rings. The third-order valence-electron chi connectivity index (χ3n) is 3.81. The maximum absolute atomic E-state index is 12.7. The second kappa shape index (κ2) is 6.84. The minimum Gasteiger partial charge on any atom is -0.467 e. The Morgan fingerprint density at radius 3 is 3.00 bits per heavy atom. The summed E-state index contributed by atoms with van der Waals surface area (Å²) in [6.07, 6.45) is 4.91. The van der Waals surface area contributed by atoms with Crippen LogP contribution >= 0.6 is 0 Å². The topological polar surface area (TPSA) is 69.3 Å². The molecule has 0 fully saturated rings. The van der Waals surface area contributed by atoms with Crippen molar-refractivity contribution in [1.29, 1.82) is 5.26 Å². The molecule has 3 rings (SSSR count). The third kappa shape index (κ3) is 3.27. The fourth-order valence-electron chi connectivity index (χ4n) is 2.70. The van der Waals surface area contributed by atoms with Crippen LogP contribution in [0, 0.1) is 11.3 Å². The highest BCUT2D eigenvalue weighted by molar-refractivity contribution is 6.08. The Bertz CT molecular complexity index is 757. The number of carbonyl (C=O) groups excluding carboxylic acids is 1. The van der Waals surface area contributed by atoms with E-state index in [0.717, 1.165) is 29.9 Å². The number of hydrogen-bond donors (Lipinski definition) is 1. The largest absolute Gasteiger partial charge is 0.467 e. The molecule has 116 valence electrons. The maximum atomic E-state index is 12.7. The first-order valence-corrected chi connectivity index (χ1v) is 7.55. The summed E-state index contributed by atoms with van der Waals surface area (Å²) in [7, 11) is 0. The molecular weight excluding hydrogens is 290 g/mol. The Hall–Kier alpha value is -3.00. The van der Waals surface area contributed by atoms with Gasteiger partial charge in [-0.25, -0.2) is 0 Å². The van der Waals surface area contributed by atoms with Gasteiger partial charge in [0, 0.05) is 18.4 Å². The second-order valence-corrected chi connectivity index (χ2v) is 5.32. The lowest BCUT2D eigenvalue weighted by molar-refractivity contribution is -0.114. The van der Waals surface area contributed by atoms with Gasteiger partial charge in [-0.3, -0.25) is 4.79 Å². The molecule has 0 unspecified atom stereocenters. The van der Waals surface area contributed by atoms with Crippen molar-refractivity contribution in [2.75, 3.05) is 11.4 Å². The molecule has 2 aromatic rings. The van der Waals surface area contributed by atoms with Gasteiger partial charge in [0.05, 0.1) is 12.8 Å². The van der Waals surface area contributed by atoms with Crippen LogP contribution in [0.25, 0.3) is 0 Å². The lowest BCUT2D eigenvalue weighted by Gasteiger charge is -2.29. The predicted molar refractivity (Wildman–Crippen MR) is 86.4 cm³/mol. The fourth-order valence-corrected chi connectivity index (χ4v) is 2.70. The van der Waals surface area contributed by atoms with E-state index >= 15 is 0 Å². The number of nitrogens with zero attached hydrogens (tertiary/aromatic N) is 2. The number of aryl methyl sites for hydroxylation is 1. The number of hydrogen-bond acceptors (Lipinski definition) is 4. The Morgan fingerprint density at radius 1 is 1.35 bits per heavy atom. The molecule has 1 aromatic carbocycles. The molecule has 1 amide bonds. The predicted octanol–water partition coefficient (Wildman–Crippen LogP) is 2.76. The summed E-state index contributed by atoms with van der Waals surface area (Å²) in [5, 5.41) is 12.3. The monoisotopic (exact) mass is 307 g/mol. The first kappa shape index (κ1) is 14.9. The zero-order chi connectivity index (χ0) is 16.1. The number of fused-ring (bicyclic) bond motifs is 1. The number of benzene rings is 1. The zero-order valence-electron chi connectivity index (χ0n) is 12.7. The molecule has 5 nitrogen and oxygen atoms in total. The van der Waals surface area contributed by atoms with Crippen molar-refractivity contribution >= 4 is 11.6 Å². The number of nitriles is 1. The van der Waals surface area contributed by atoms with Crippen LogP contribution in [0.3, 0.4) is 0 Å². The smallest absolute Gasteiger partial charge is 0.270 e. The standard InChI is InChI=1S/C18H17N3O2/c19-11-15(12-20-13-16-7-4-10-23-16)18(22)21-9-3-6-14-5-1-2-8-17(14)21/h1-2,4-5,7-8,10,12,20H,3,6,9,13H2/b15-12-. The van der Waals surface area contributed by atoms with Crippen molar-refractivity contribution in [1.82, 2.24) is 5.32 Å². The van der Waals surface area contributed by atoms with E-state index in [2.05, 4.69) is 5.32 Å². The molecule has 0 bridgehead atoms. The van der Waals surface area contributed by atoms with Gasteiger partial charge in [0.1, 0.15) is 17.4 Å². The summed E-state index contributed by atoms with van der Waals surface area (Å²) in [5.74, 6) is 0.473. The molecule has 1 N–H and O–H groups in total. The molecular formula is C18H17N3O2. The van der Waals surface area contributed by atoms with Crippen molar-refractivity contribution in [2.24, 2.45) is 0 Å². The van der Waals surface area contributed by atoms with Gasteiger partial charge >= 0.3 is 0 Å².